The summed E-state index contributed by atoms with van der Waals surface area (Å²) in [6.45, 7) is 5.54. The number of hydrogen-bond acceptors (Lipinski definition) is 5. The molecule has 0 unspecified atom stereocenters. The molecule has 2 aliphatic rings. The Balaban J connectivity index is 1.38. The van der Waals surface area contributed by atoms with Gasteiger partial charge in [0, 0.05) is 51.9 Å². The number of hydrogen-bond donors (Lipinski definition) is 0. The third kappa shape index (κ3) is 3.64. The number of aromatic nitrogens is 2. The van der Waals surface area contributed by atoms with E-state index in [1.165, 1.54) is 5.56 Å². The lowest BCUT2D eigenvalue weighted by Gasteiger charge is -2.35. The molecule has 0 aliphatic carbocycles. The number of piperazine rings is 1. The van der Waals surface area contributed by atoms with Crippen molar-refractivity contribution in [3.05, 3.63) is 48.2 Å². The highest BCUT2D eigenvalue weighted by atomic mass is 16.2. The molecule has 1 aromatic carbocycles. The van der Waals surface area contributed by atoms with Gasteiger partial charge in [0.1, 0.15) is 5.82 Å². The molecule has 0 saturated carbocycles. The van der Waals surface area contributed by atoms with Crippen LogP contribution >= 0.6 is 0 Å². The smallest absolute Gasteiger partial charge is 0.228 e. The summed E-state index contributed by atoms with van der Waals surface area (Å²) in [4.78, 5) is 27.4. The predicted molar refractivity (Wildman–Crippen MR) is 97.6 cm³/mol. The SMILES string of the molecule is O=C1CCCN1c1ccnc(N2CCN(Cc3ccccc3)CC2)n1. The minimum Gasteiger partial charge on any atom is -0.338 e. The first kappa shape index (κ1) is 16.0. The van der Waals surface area contributed by atoms with Crippen LogP contribution in [0.25, 0.3) is 0 Å². The summed E-state index contributed by atoms with van der Waals surface area (Å²) in [7, 11) is 0. The standard InChI is InChI=1S/C19H23N5O/c25-18-7-4-10-24(18)17-8-9-20-19(21-17)23-13-11-22(12-14-23)15-16-5-2-1-3-6-16/h1-3,5-6,8-9H,4,7,10-15H2. The van der Waals surface area contributed by atoms with Crippen LogP contribution in [0, 0.1) is 0 Å². The molecule has 2 saturated heterocycles. The van der Waals surface area contributed by atoms with Gasteiger partial charge in [0.25, 0.3) is 0 Å². The van der Waals surface area contributed by atoms with E-state index in [1.807, 2.05) is 6.07 Å². The number of amides is 1. The second kappa shape index (κ2) is 7.19. The van der Waals surface area contributed by atoms with Crippen molar-refractivity contribution in [1.29, 1.82) is 0 Å². The van der Waals surface area contributed by atoms with Gasteiger partial charge in [-0.1, -0.05) is 30.3 Å². The summed E-state index contributed by atoms with van der Waals surface area (Å²) in [6.07, 6.45) is 3.30. The molecular formula is C19H23N5O. The van der Waals surface area contributed by atoms with Crippen LogP contribution in [0.2, 0.25) is 0 Å². The molecule has 0 N–H and O–H groups in total. The zero-order valence-corrected chi connectivity index (χ0v) is 14.3. The molecule has 3 heterocycles. The van der Waals surface area contributed by atoms with Gasteiger partial charge in [-0.05, 0) is 18.1 Å². The Morgan fingerprint density at radius 3 is 2.48 bits per heavy atom. The first-order chi connectivity index (χ1) is 12.3. The summed E-state index contributed by atoms with van der Waals surface area (Å²) in [5.41, 5.74) is 1.35. The molecule has 1 aromatic heterocycles. The van der Waals surface area contributed by atoms with Gasteiger partial charge in [0.15, 0.2) is 0 Å². The van der Waals surface area contributed by atoms with Gasteiger partial charge in [0.2, 0.25) is 11.9 Å². The molecule has 6 heteroatoms. The van der Waals surface area contributed by atoms with Gasteiger partial charge in [-0.3, -0.25) is 14.6 Å². The number of carbonyl (C=O) groups is 1. The van der Waals surface area contributed by atoms with E-state index in [9.17, 15) is 4.79 Å². The molecule has 0 radical (unpaired) electrons. The number of benzene rings is 1. The molecule has 0 bridgehead atoms. The Morgan fingerprint density at radius 2 is 1.76 bits per heavy atom. The number of nitrogens with zero attached hydrogens (tertiary/aromatic N) is 5. The van der Waals surface area contributed by atoms with E-state index in [-0.39, 0.29) is 5.91 Å². The molecule has 2 aromatic rings. The highest BCUT2D eigenvalue weighted by molar-refractivity contribution is 5.94. The second-order valence-corrected chi connectivity index (χ2v) is 6.61. The summed E-state index contributed by atoms with van der Waals surface area (Å²) >= 11 is 0. The Morgan fingerprint density at radius 1 is 0.960 bits per heavy atom. The maximum absolute atomic E-state index is 11.9. The zero-order chi connectivity index (χ0) is 17.1. The first-order valence-corrected chi connectivity index (χ1v) is 8.94. The van der Waals surface area contributed by atoms with Crippen molar-refractivity contribution in [2.24, 2.45) is 0 Å². The van der Waals surface area contributed by atoms with Crippen LogP contribution < -0.4 is 9.80 Å². The third-order valence-electron chi connectivity index (χ3n) is 4.88. The minimum atomic E-state index is 0.164. The van der Waals surface area contributed by atoms with Crippen LogP contribution in [0.4, 0.5) is 11.8 Å². The normalized spacial score (nSPS) is 18.8. The Bertz CT molecular complexity index is 728. The molecule has 2 fully saturated rings. The maximum atomic E-state index is 11.9. The highest BCUT2D eigenvalue weighted by Gasteiger charge is 2.24. The number of anilines is 2. The highest BCUT2D eigenvalue weighted by Crippen LogP contribution is 2.21. The van der Waals surface area contributed by atoms with Crippen LogP contribution in [0.15, 0.2) is 42.6 Å². The van der Waals surface area contributed by atoms with Gasteiger partial charge < -0.3 is 4.90 Å². The van der Waals surface area contributed by atoms with E-state index in [4.69, 9.17) is 0 Å². The first-order valence-electron chi connectivity index (χ1n) is 8.94. The summed E-state index contributed by atoms with van der Waals surface area (Å²) in [6, 6.07) is 12.4. The minimum absolute atomic E-state index is 0.164. The lowest BCUT2D eigenvalue weighted by molar-refractivity contribution is -0.117. The van der Waals surface area contributed by atoms with E-state index >= 15 is 0 Å². The van der Waals surface area contributed by atoms with Crippen molar-refractivity contribution in [3.63, 3.8) is 0 Å². The molecule has 0 atom stereocenters. The molecule has 25 heavy (non-hydrogen) atoms. The molecule has 130 valence electrons. The van der Waals surface area contributed by atoms with E-state index in [2.05, 4.69) is 50.1 Å². The fraction of sp³-hybridized carbons (Fsp3) is 0.421. The Kier molecular flexibility index (Phi) is 4.61. The lowest BCUT2D eigenvalue weighted by Crippen LogP contribution is -2.46. The van der Waals surface area contributed by atoms with E-state index in [0.29, 0.717) is 6.42 Å². The van der Waals surface area contributed by atoms with Gasteiger partial charge in [0.05, 0.1) is 0 Å². The number of carbonyl (C=O) groups excluding carboxylic acids is 1. The Hall–Kier alpha value is -2.47. The fourth-order valence-electron chi connectivity index (χ4n) is 3.48. The molecular weight excluding hydrogens is 314 g/mol. The largest absolute Gasteiger partial charge is 0.338 e. The zero-order valence-electron chi connectivity index (χ0n) is 14.3. The average Bonchev–Trinajstić information content (AvgIpc) is 3.09. The van der Waals surface area contributed by atoms with E-state index < -0.39 is 0 Å². The van der Waals surface area contributed by atoms with Crippen LogP contribution in [-0.4, -0.2) is 53.5 Å². The van der Waals surface area contributed by atoms with Crippen molar-refractivity contribution in [2.75, 3.05) is 42.5 Å². The lowest BCUT2D eigenvalue weighted by atomic mass is 10.2. The molecule has 4 rings (SSSR count). The fourth-order valence-corrected chi connectivity index (χ4v) is 3.48. The van der Waals surface area contributed by atoms with Crippen molar-refractivity contribution >= 4 is 17.7 Å². The van der Waals surface area contributed by atoms with Crippen LogP contribution in [0.1, 0.15) is 18.4 Å². The molecule has 2 aliphatic heterocycles. The summed E-state index contributed by atoms with van der Waals surface area (Å²) < 4.78 is 0. The topological polar surface area (TPSA) is 52.6 Å². The number of rotatable bonds is 4. The summed E-state index contributed by atoms with van der Waals surface area (Å²) in [5.74, 6) is 1.63. The van der Waals surface area contributed by atoms with Crippen LogP contribution in [0.5, 0.6) is 0 Å². The monoisotopic (exact) mass is 337 g/mol. The third-order valence-corrected chi connectivity index (χ3v) is 4.88. The van der Waals surface area contributed by atoms with Gasteiger partial charge in [-0.15, -0.1) is 0 Å². The predicted octanol–water partition coefficient (Wildman–Crippen LogP) is 1.93. The van der Waals surface area contributed by atoms with Crippen molar-refractivity contribution < 1.29 is 4.79 Å². The van der Waals surface area contributed by atoms with Gasteiger partial charge in [-0.25, -0.2) is 4.98 Å². The quantitative estimate of drug-likeness (QED) is 0.853. The molecule has 0 spiro atoms. The molecule has 6 nitrogen and oxygen atoms in total. The summed E-state index contributed by atoms with van der Waals surface area (Å²) in [5, 5.41) is 0. The van der Waals surface area contributed by atoms with Crippen LogP contribution in [0.3, 0.4) is 0 Å². The second-order valence-electron chi connectivity index (χ2n) is 6.61. The Labute approximate surface area is 148 Å². The maximum Gasteiger partial charge on any atom is 0.228 e. The van der Waals surface area contributed by atoms with Crippen molar-refractivity contribution in [3.8, 4) is 0 Å². The van der Waals surface area contributed by atoms with Crippen molar-refractivity contribution in [2.45, 2.75) is 19.4 Å². The van der Waals surface area contributed by atoms with Gasteiger partial charge >= 0.3 is 0 Å². The van der Waals surface area contributed by atoms with Crippen molar-refractivity contribution in [1.82, 2.24) is 14.9 Å². The van der Waals surface area contributed by atoms with Crippen LogP contribution in [-0.2, 0) is 11.3 Å². The average molecular weight is 337 g/mol. The molecule has 1 amide bonds. The van der Waals surface area contributed by atoms with E-state index in [0.717, 1.165) is 57.5 Å². The van der Waals surface area contributed by atoms with Gasteiger partial charge in [-0.2, -0.15) is 4.98 Å². The van der Waals surface area contributed by atoms with E-state index in [1.54, 1.807) is 11.1 Å².